The van der Waals surface area contributed by atoms with Crippen molar-refractivity contribution in [2.45, 2.75) is 38.5 Å². The molecule has 0 unspecified atom stereocenters. The third-order valence-corrected chi connectivity index (χ3v) is 7.07. The van der Waals surface area contributed by atoms with E-state index in [-0.39, 0.29) is 12.3 Å². The van der Waals surface area contributed by atoms with Gasteiger partial charge in [0, 0.05) is 24.7 Å². The van der Waals surface area contributed by atoms with Crippen LogP contribution in [0.15, 0.2) is 72.8 Å². The van der Waals surface area contributed by atoms with E-state index in [1.807, 2.05) is 18.2 Å². The zero-order chi connectivity index (χ0) is 24.4. The predicted octanol–water partition coefficient (Wildman–Crippen LogP) is 6.19. The van der Waals surface area contributed by atoms with Crippen molar-refractivity contribution in [1.82, 2.24) is 9.55 Å². The summed E-state index contributed by atoms with van der Waals surface area (Å²) in [6, 6.07) is 25.0. The quantitative estimate of drug-likeness (QED) is 0.336. The molecule has 3 aromatic carbocycles. The monoisotopic (exact) mass is 466 g/mol. The van der Waals surface area contributed by atoms with Crippen LogP contribution in [0.3, 0.4) is 0 Å². The van der Waals surface area contributed by atoms with Gasteiger partial charge in [0.1, 0.15) is 11.6 Å². The van der Waals surface area contributed by atoms with Gasteiger partial charge >= 0.3 is 5.97 Å². The number of fused-ring (bicyclic) bond motifs is 1. The molecule has 5 heteroatoms. The Morgan fingerprint density at radius 2 is 1.74 bits per heavy atom. The number of hydrogen-bond donors (Lipinski definition) is 1. The maximum atomic E-state index is 11.1. The van der Waals surface area contributed by atoms with E-state index in [1.54, 1.807) is 0 Å². The zero-order valence-corrected chi connectivity index (χ0v) is 20.2. The predicted molar refractivity (Wildman–Crippen MR) is 138 cm³/mol. The molecular formula is C30H30N2O3. The molecule has 5 nitrogen and oxygen atoms in total. The van der Waals surface area contributed by atoms with Crippen LogP contribution in [-0.4, -0.2) is 27.2 Å². The second-order valence-corrected chi connectivity index (χ2v) is 9.26. The van der Waals surface area contributed by atoms with Gasteiger partial charge in [0.05, 0.1) is 18.7 Å². The highest BCUT2D eigenvalue weighted by Crippen LogP contribution is 2.37. The Kier molecular flexibility index (Phi) is 6.41. The zero-order valence-electron chi connectivity index (χ0n) is 20.2. The van der Waals surface area contributed by atoms with Crippen LogP contribution in [-0.2, 0) is 24.7 Å². The first kappa shape index (κ1) is 22.9. The Balaban J connectivity index is 1.24. The molecule has 0 bridgehead atoms. The summed E-state index contributed by atoms with van der Waals surface area (Å²) >= 11 is 0. The molecular weight excluding hydrogens is 436 g/mol. The van der Waals surface area contributed by atoms with Crippen molar-refractivity contribution in [1.29, 1.82) is 0 Å². The first-order valence-electron chi connectivity index (χ1n) is 12.1. The SMILES string of the molecule is Cc1c(CCOc2ccc3c(c2)CC[C@H]3CC(=O)O)nc(-c2ccc(-c3ccccc3)cc2)n1C. The lowest BCUT2D eigenvalue weighted by molar-refractivity contribution is -0.137. The van der Waals surface area contributed by atoms with Crippen molar-refractivity contribution in [3.8, 4) is 28.3 Å². The van der Waals surface area contributed by atoms with Gasteiger partial charge in [-0.25, -0.2) is 4.98 Å². The fourth-order valence-electron chi connectivity index (χ4n) is 5.03. The minimum Gasteiger partial charge on any atom is -0.493 e. The van der Waals surface area contributed by atoms with E-state index >= 15 is 0 Å². The normalized spacial score (nSPS) is 14.6. The van der Waals surface area contributed by atoms with Crippen LogP contribution in [0.4, 0.5) is 0 Å². The maximum Gasteiger partial charge on any atom is 0.303 e. The van der Waals surface area contributed by atoms with Crippen LogP contribution in [0.1, 0.15) is 41.3 Å². The van der Waals surface area contributed by atoms with Crippen molar-refractivity contribution < 1.29 is 14.6 Å². The molecule has 5 rings (SSSR count). The number of hydrogen-bond acceptors (Lipinski definition) is 3. The van der Waals surface area contributed by atoms with Crippen LogP contribution in [0.2, 0.25) is 0 Å². The van der Waals surface area contributed by atoms with Gasteiger partial charge in [0.25, 0.3) is 0 Å². The van der Waals surface area contributed by atoms with E-state index in [4.69, 9.17) is 14.8 Å². The molecule has 1 aliphatic rings. The Morgan fingerprint density at radius 3 is 2.49 bits per heavy atom. The van der Waals surface area contributed by atoms with Gasteiger partial charge in [-0.1, -0.05) is 60.7 Å². The van der Waals surface area contributed by atoms with Crippen LogP contribution in [0.25, 0.3) is 22.5 Å². The molecule has 35 heavy (non-hydrogen) atoms. The van der Waals surface area contributed by atoms with Crippen LogP contribution in [0, 0.1) is 6.92 Å². The topological polar surface area (TPSA) is 64.3 Å². The van der Waals surface area contributed by atoms with E-state index in [0.717, 1.165) is 53.4 Å². The van der Waals surface area contributed by atoms with E-state index in [9.17, 15) is 4.79 Å². The third kappa shape index (κ3) is 4.85. The fraction of sp³-hybridized carbons (Fsp3) is 0.267. The molecule has 0 saturated heterocycles. The third-order valence-electron chi connectivity index (χ3n) is 7.07. The van der Waals surface area contributed by atoms with Crippen molar-refractivity contribution in [3.05, 3.63) is 95.3 Å². The number of imidazole rings is 1. The number of rotatable bonds is 8. The van der Waals surface area contributed by atoms with Crippen LogP contribution in [0.5, 0.6) is 5.75 Å². The number of benzene rings is 3. The van der Waals surface area contributed by atoms with Gasteiger partial charge in [-0.2, -0.15) is 0 Å². The molecule has 178 valence electrons. The molecule has 0 amide bonds. The summed E-state index contributed by atoms with van der Waals surface area (Å²) in [4.78, 5) is 16.0. The molecule has 1 aromatic heterocycles. The number of nitrogens with zero attached hydrogens (tertiary/aromatic N) is 2. The van der Waals surface area contributed by atoms with Crippen molar-refractivity contribution >= 4 is 5.97 Å². The van der Waals surface area contributed by atoms with Crippen LogP contribution < -0.4 is 4.74 Å². The van der Waals surface area contributed by atoms with E-state index in [2.05, 4.69) is 73.1 Å². The second kappa shape index (κ2) is 9.79. The summed E-state index contributed by atoms with van der Waals surface area (Å²) in [6.07, 6.45) is 2.73. The largest absolute Gasteiger partial charge is 0.493 e. The van der Waals surface area contributed by atoms with Crippen molar-refractivity contribution in [2.24, 2.45) is 7.05 Å². The number of carboxylic acids is 1. The molecule has 1 aliphatic carbocycles. The number of aliphatic carboxylic acids is 1. The van der Waals surface area contributed by atoms with Gasteiger partial charge in [-0.3, -0.25) is 4.79 Å². The van der Waals surface area contributed by atoms with Gasteiger partial charge in [0.15, 0.2) is 0 Å². The standard InChI is InChI=1S/C30H30N2O3/c1-20-28(16-17-35-26-14-15-27-24(18-26)12-13-25(27)19-29(33)34)31-30(32(20)2)23-10-8-22(9-11-23)21-6-4-3-5-7-21/h3-11,14-15,18,25H,12-13,16-17,19H2,1-2H3,(H,33,34)/t25-/m0/s1. The van der Waals surface area contributed by atoms with E-state index in [0.29, 0.717) is 6.61 Å². The first-order chi connectivity index (χ1) is 17.0. The molecule has 0 aliphatic heterocycles. The van der Waals surface area contributed by atoms with Gasteiger partial charge < -0.3 is 14.4 Å². The lowest BCUT2D eigenvalue weighted by Crippen LogP contribution is -2.05. The van der Waals surface area contributed by atoms with E-state index < -0.39 is 5.97 Å². The maximum absolute atomic E-state index is 11.1. The Bertz CT molecular complexity index is 1340. The molecule has 0 radical (unpaired) electrons. The summed E-state index contributed by atoms with van der Waals surface area (Å²) in [5, 5.41) is 9.12. The minimum absolute atomic E-state index is 0.118. The summed E-state index contributed by atoms with van der Waals surface area (Å²) in [5.74, 6) is 1.18. The fourth-order valence-corrected chi connectivity index (χ4v) is 5.03. The summed E-state index contributed by atoms with van der Waals surface area (Å²) in [6.45, 7) is 2.64. The van der Waals surface area contributed by atoms with Gasteiger partial charge in [-0.15, -0.1) is 0 Å². The second-order valence-electron chi connectivity index (χ2n) is 9.26. The number of ether oxygens (including phenoxy) is 1. The first-order valence-corrected chi connectivity index (χ1v) is 12.1. The summed E-state index contributed by atoms with van der Waals surface area (Å²) < 4.78 is 8.20. The number of aryl methyl sites for hydroxylation is 1. The number of carbonyl (C=O) groups is 1. The highest BCUT2D eigenvalue weighted by Gasteiger charge is 2.25. The number of carboxylic acid groups (broad SMARTS) is 1. The van der Waals surface area contributed by atoms with Crippen molar-refractivity contribution in [2.75, 3.05) is 6.61 Å². The average Bonchev–Trinajstić information content (AvgIpc) is 3.39. The Hall–Kier alpha value is -3.86. The van der Waals surface area contributed by atoms with E-state index in [1.165, 1.54) is 16.7 Å². The van der Waals surface area contributed by atoms with Crippen LogP contribution >= 0.6 is 0 Å². The lowest BCUT2D eigenvalue weighted by atomic mass is 9.98. The van der Waals surface area contributed by atoms with Crippen molar-refractivity contribution in [3.63, 3.8) is 0 Å². The number of aromatic nitrogens is 2. The Morgan fingerprint density at radius 1 is 1.03 bits per heavy atom. The smallest absolute Gasteiger partial charge is 0.303 e. The van der Waals surface area contributed by atoms with Gasteiger partial charge in [0.2, 0.25) is 0 Å². The summed E-state index contributed by atoms with van der Waals surface area (Å²) in [7, 11) is 2.06. The molecule has 4 aromatic rings. The molecule has 0 saturated carbocycles. The summed E-state index contributed by atoms with van der Waals surface area (Å²) in [5.41, 5.74) is 8.04. The average molecular weight is 467 g/mol. The lowest BCUT2D eigenvalue weighted by Gasteiger charge is -2.11. The Labute approximate surface area is 206 Å². The molecule has 0 spiro atoms. The van der Waals surface area contributed by atoms with Gasteiger partial charge in [-0.05, 0) is 60.1 Å². The highest BCUT2D eigenvalue weighted by molar-refractivity contribution is 5.69. The minimum atomic E-state index is -0.736. The molecule has 1 heterocycles. The molecule has 1 atom stereocenters. The molecule has 0 fully saturated rings. The highest BCUT2D eigenvalue weighted by atomic mass is 16.5. The molecule has 1 N–H and O–H groups in total.